The summed E-state index contributed by atoms with van der Waals surface area (Å²) >= 11 is 0. The van der Waals surface area contributed by atoms with Gasteiger partial charge in [0.15, 0.2) is 0 Å². The molecule has 0 fully saturated rings. The minimum atomic E-state index is -4.71. The molecule has 1 unspecified atom stereocenters. The summed E-state index contributed by atoms with van der Waals surface area (Å²) in [5.74, 6) is -2.56. The zero-order valence-corrected chi connectivity index (χ0v) is 9.58. The van der Waals surface area contributed by atoms with Gasteiger partial charge in [0.05, 0.1) is 7.11 Å². The van der Waals surface area contributed by atoms with Crippen molar-refractivity contribution in [3.8, 4) is 0 Å². The van der Waals surface area contributed by atoms with Crippen LogP contribution in [-0.4, -0.2) is 29.1 Å². The number of anilines is 2. The van der Waals surface area contributed by atoms with Crippen molar-refractivity contribution < 1.29 is 22.7 Å². The molecule has 18 heavy (non-hydrogen) atoms. The smallest absolute Gasteiger partial charge is 0.451 e. The average molecular weight is 264 g/mol. The van der Waals surface area contributed by atoms with Crippen molar-refractivity contribution in [1.29, 1.82) is 0 Å². The normalized spacial score (nSPS) is 12.9. The molecule has 0 aliphatic rings. The fraction of sp³-hybridized carbons (Fsp3) is 0.444. The van der Waals surface area contributed by atoms with Gasteiger partial charge in [0, 0.05) is 6.07 Å². The molecule has 0 aliphatic carbocycles. The number of nitrogen functional groups attached to an aromatic ring is 1. The molecule has 100 valence electrons. The number of hydrogen-bond acceptors (Lipinski definition) is 6. The number of alkyl halides is 3. The highest BCUT2D eigenvalue weighted by Gasteiger charge is 2.35. The number of rotatable bonds is 3. The third-order valence-electron chi connectivity index (χ3n) is 1.92. The first-order valence-corrected chi connectivity index (χ1v) is 4.80. The number of halogens is 3. The number of carbonyl (C=O) groups is 1. The van der Waals surface area contributed by atoms with Crippen LogP contribution in [0, 0.1) is 0 Å². The van der Waals surface area contributed by atoms with Gasteiger partial charge in [0.1, 0.15) is 17.7 Å². The fourth-order valence-corrected chi connectivity index (χ4v) is 1.12. The average Bonchev–Trinajstić information content (AvgIpc) is 2.25. The van der Waals surface area contributed by atoms with Gasteiger partial charge in [-0.3, -0.25) is 0 Å². The van der Waals surface area contributed by atoms with Gasteiger partial charge in [-0.15, -0.1) is 0 Å². The number of nitrogens with zero attached hydrogens (tertiary/aromatic N) is 2. The van der Waals surface area contributed by atoms with Crippen LogP contribution in [0.1, 0.15) is 12.7 Å². The van der Waals surface area contributed by atoms with E-state index in [1.54, 1.807) is 0 Å². The molecule has 9 heteroatoms. The molecular formula is C9H11F3N4O2. The predicted molar refractivity (Wildman–Crippen MR) is 56.5 cm³/mol. The Morgan fingerprint density at radius 3 is 2.61 bits per heavy atom. The molecule has 0 saturated carbocycles. The van der Waals surface area contributed by atoms with E-state index in [1.165, 1.54) is 6.92 Å². The van der Waals surface area contributed by atoms with Crippen LogP contribution < -0.4 is 11.1 Å². The molecule has 3 N–H and O–H groups in total. The van der Waals surface area contributed by atoms with Crippen molar-refractivity contribution >= 4 is 17.6 Å². The van der Waals surface area contributed by atoms with E-state index >= 15 is 0 Å². The highest BCUT2D eigenvalue weighted by atomic mass is 19.4. The maximum Gasteiger partial charge on any atom is 0.451 e. The van der Waals surface area contributed by atoms with Crippen LogP contribution in [0.2, 0.25) is 0 Å². The molecule has 0 aromatic carbocycles. The van der Waals surface area contributed by atoms with Crippen LogP contribution in [0.25, 0.3) is 0 Å². The lowest BCUT2D eigenvalue weighted by Gasteiger charge is -2.13. The summed E-state index contributed by atoms with van der Waals surface area (Å²) in [6.07, 6.45) is -4.71. The maximum absolute atomic E-state index is 12.4. The molecule has 1 rings (SSSR count). The van der Waals surface area contributed by atoms with E-state index in [1.807, 2.05) is 0 Å². The van der Waals surface area contributed by atoms with Gasteiger partial charge in [-0.05, 0) is 6.92 Å². The summed E-state index contributed by atoms with van der Waals surface area (Å²) < 4.78 is 41.6. The standard InChI is InChI=1S/C9H11F3N4O2/c1-4(7(17)18-2)14-6-3-5(13)15-8(16-6)9(10,11)12/h3-4H,1-2H3,(H3,13,14,15,16). The first kappa shape index (κ1) is 14.0. The van der Waals surface area contributed by atoms with Gasteiger partial charge in [0.25, 0.3) is 0 Å². The van der Waals surface area contributed by atoms with E-state index in [4.69, 9.17) is 5.73 Å². The number of methoxy groups -OCH3 is 1. The molecule has 0 bridgehead atoms. The second-order valence-corrected chi connectivity index (χ2v) is 3.39. The van der Waals surface area contributed by atoms with Crippen LogP contribution in [-0.2, 0) is 15.7 Å². The Morgan fingerprint density at radius 1 is 1.50 bits per heavy atom. The number of aromatic nitrogens is 2. The summed E-state index contributed by atoms with van der Waals surface area (Å²) in [7, 11) is 1.16. The Hall–Kier alpha value is -2.06. The van der Waals surface area contributed by atoms with Gasteiger partial charge in [-0.25, -0.2) is 14.8 Å². The van der Waals surface area contributed by atoms with Crippen LogP contribution in [0.15, 0.2) is 6.07 Å². The van der Waals surface area contributed by atoms with E-state index in [9.17, 15) is 18.0 Å². The van der Waals surface area contributed by atoms with Gasteiger partial charge in [-0.2, -0.15) is 13.2 Å². The molecule has 1 aromatic rings. The van der Waals surface area contributed by atoms with Gasteiger partial charge in [-0.1, -0.05) is 0 Å². The maximum atomic E-state index is 12.4. The third-order valence-corrected chi connectivity index (χ3v) is 1.92. The number of hydrogen-bond donors (Lipinski definition) is 2. The zero-order valence-electron chi connectivity index (χ0n) is 9.58. The van der Waals surface area contributed by atoms with Gasteiger partial charge in [0.2, 0.25) is 5.82 Å². The van der Waals surface area contributed by atoms with E-state index in [0.717, 1.165) is 13.2 Å². The highest BCUT2D eigenvalue weighted by Crippen LogP contribution is 2.27. The van der Waals surface area contributed by atoms with E-state index in [-0.39, 0.29) is 11.6 Å². The summed E-state index contributed by atoms with van der Waals surface area (Å²) in [6.45, 7) is 1.41. The van der Waals surface area contributed by atoms with Crippen molar-refractivity contribution in [2.24, 2.45) is 0 Å². The largest absolute Gasteiger partial charge is 0.467 e. The number of ether oxygens (including phenoxy) is 1. The Kier molecular flexibility index (Phi) is 3.94. The second-order valence-electron chi connectivity index (χ2n) is 3.39. The van der Waals surface area contributed by atoms with Gasteiger partial charge >= 0.3 is 12.1 Å². The number of carbonyl (C=O) groups excluding carboxylic acids is 1. The Bertz CT molecular complexity index is 450. The van der Waals surface area contributed by atoms with Crippen LogP contribution in [0.3, 0.4) is 0 Å². The molecule has 0 spiro atoms. The van der Waals surface area contributed by atoms with E-state index in [0.29, 0.717) is 0 Å². The lowest BCUT2D eigenvalue weighted by molar-refractivity contribution is -0.144. The van der Waals surface area contributed by atoms with Crippen molar-refractivity contribution in [3.63, 3.8) is 0 Å². The Balaban J connectivity index is 2.97. The molecule has 1 atom stereocenters. The Labute approximate surface area is 100 Å². The fourth-order valence-electron chi connectivity index (χ4n) is 1.12. The third kappa shape index (κ3) is 3.47. The number of nitrogens with one attached hydrogen (secondary N) is 1. The lowest BCUT2D eigenvalue weighted by Crippen LogP contribution is -2.28. The number of esters is 1. The summed E-state index contributed by atoms with van der Waals surface area (Å²) in [6, 6.07) is 0.236. The van der Waals surface area contributed by atoms with Crippen LogP contribution in [0.5, 0.6) is 0 Å². The minimum absolute atomic E-state index is 0.201. The quantitative estimate of drug-likeness (QED) is 0.793. The van der Waals surface area contributed by atoms with Crippen LogP contribution in [0.4, 0.5) is 24.8 Å². The molecule has 1 aromatic heterocycles. The first-order valence-electron chi connectivity index (χ1n) is 4.80. The minimum Gasteiger partial charge on any atom is -0.467 e. The summed E-state index contributed by atoms with van der Waals surface area (Å²) in [5, 5.41) is 2.44. The number of nitrogens with two attached hydrogens (primary N) is 1. The predicted octanol–water partition coefficient (Wildman–Crippen LogP) is 1.05. The second kappa shape index (κ2) is 5.07. The zero-order chi connectivity index (χ0) is 13.9. The first-order chi connectivity index (χ1) is 8.24. The molecule has 0 amide bonds. The molecule has 0 aliphatic heterocycles. The summed E-state index contributed by atoms with van der Waals surface area (Å²) in [5.41, 5.74) is 5.23. The summed E-state index contributed by atoms with van der Waals surface area (Å²) in [4.78, 5) is 17.4. The lowest BCUT2D eigenvalue weighted by atomic mass is 10.3. The molecule has 0 radical (unpaired) electrons. The highest BCUT2D eigenvalue weighted by molar-refractivity contribution is 5.78. The van der Waals surface area contributed by atoms with E-state index in [2.05, 4.69) is 20.0 Å². The molecule has 0 saturated heterocycles. The van der Waals surface area contributed by atoms with Crippen LogP contribution >= 0.6 is 0 Å². The van der Waals surface area contributed by atoms with Crippen molar-refractivity contribution in [1.82, 2.24) is 9.97 Å². The van der Waals surface area contributed by atoms with Crippen molar-refractivity contribution in [3.05, 3.63) is 11.9 Å². The van der Waals surface area contributed by atoms with Crippen molar-refractivity contribution in [2.75, 3.05) is 18.2 Å². The SMILES string of the molecule is COC(=O)C(C)Nc1cc(N)nc(C(F)(F)F)n1. The molecule has 1 heterocycles. The van der Waals surface area contributed by atoms with Gasteiger partial charge < -0.3 is 15.8 Å². The topological polar surface area (TPSA) is 90.1 Å². The van der Waals surface area contributed by atoms with Crippen molar-refractivity contribution in [2.45, 2.75) is 19.1 Å². The van der Waals surface area contributed by atoms with E-state index < -0.39 is 24.0 Å². The Morgan fingerprint density at radius 2 is 2.11 bits per heavy atom. The monoisotopic (exact) mass is 264 g/mol. The molecular weight excluding hydrogens is 253 g/mol. The molecule has 6 nitrogen and oxygen atoms in total.